The minimum Gasteiger partial charge on any atom is -0.493 e. The van der Waals surface area contributed by atoms with Crippen LogP contribution in [0.25, 0.3) is 0 Å². The van der Waals surface area contributed by atoms with Crippen LogP contribution < -0.4 is 16.0 Å². The molecule has 1 atom stereocenters. The number of hydrogen-bond donors (Lipinski definition) is 2. The average molecular weight is 266 g/mol. The van der Waals surface area contributed by atoms with Crippen molar-refractivity contribution in [3.05, 3.63) is 11.9 Å². The van der Waals surface area contributed by atoms with Crippen LogP contribution in [0.2, 0.25) is 0 Å². The summed E-state index contributed by atoms with van der Waals surface area (Å²) in [5, 5.41) is 4.41. The highest BCUT2D eigenvalue weighted by Crippen LogP contribution is 2.51. The van der Waals surface area contributed by atoms with Crippen molar-refractivity contribution in [2.75, 3.05) is 7.11 Å². The molecule has 0 amide bonds. The van der Waals surface area contributed by atoms with Gasteiger partial charge in [0.25, 0.3) is 0 Å². The first-order valence-electron chi connectivity index (χ1n) is 7.28. The molecule has 0 saturated heterocycles. The predicted octanol–water partition coefficient (Wildman–Crippen LogP) is 2.39. The lowest BCUT2D eigenvalue weighted by Gasteiger charge is -2.37. The van der Waals surface area contributed by atoms with E-state index in [1.54, 1.807) is 13.3 Å². The number of methoxy groups -OCH3 is 1. The second-order valence-corrected chi connectivity index (χ2v) is 5.44. The SMILES string of the molecule is CCn1ncc(OC)c1C(NN)C1(CC)CCCC1. The molecule has 1 aliphatic rings. The number of nitrogens with two attached hydrogens (primary N) is 1. The van der Waals surface area contributed by atoms with Crippen LogP contribution in [0.5, 0.6) is 5.75 Å². The molecule has 0 bridgehead atoms. The molecule has 0 radical (unpaired) electrons. The Morgan fingerprint density at radius 3 is 2.63 bits per heavy atom. The van der Waals surface area contributed by atoms with Crippen LogP contribution >= 0.6 is 0 Å². The van der Waals surface area contributed by atoms with Gasteiger partial charge < -0.3 is 4.74 Å². The van der Waals surface area contributed by atoms with Gasteiger partial charge in [0.15, 0.2) is 5.75 Å². The van der Waals surface area contributed by atoms with Crippen LogP contribution in [0.15, 0.2) is 6.20 Å². The fraction of sp³-hybridized carbons (Fsp3) is 0.786. The Morgan fingerprint density at radius 1 is 1.47 bits per heavy atom. The van der Waals surface area contributed by atoms with Gasteiger partial charge in [0.2, 0.25) is 0 Å². The van der Waals surface area contributed by atoms with E-state index in [1.807, 2.05) is 4.68 Å². The van der Waals surface area contributed by atoms with E-state index in [4.69, 9.17) is 10.6 Å². The van der Waals surface area contributed by atoms with E-state index in [1.165, 1.54) is 25.7 Å². The van der Waals surface area contributed by atoms with E-state index in [9.17, 15) is 0 Å². The third-order valence-corrected chi connectivity index (χ3v) is 4.72. The standard InChI is InChI=1S/C14H26N4O/c1-4-14(8-6-7-9-14)13(17-15)12-11(19-3)10-16-18(12)5-2/h10,13,17H,4-9,15H2,1-3H3. The van der Waals surface area contributed by atoms with E-state index < -0.39 is 0 Å². The molecule has 0 aliphatic heterocycles. The number of rotatable bonds is 6. The van der Waals surface area contributed by atoms with Crippen molar-refractivity contribution < 1.29 is 4.74 Å². The fourth-order valence-corrected chi connectivity index (χ4v) is 3.55. The van der Waals surface area contributed by atoms with Gasteiger partial charge in [-0.2, -0.15) is 5.10 Å². The van der Waals surface area contributed by atoms with E-state index in [-0.39, 0.29) is 11.5 Å². The number of aryl methyl sites for hydroxylation is 1. The number of aromatic nitrogens is 2. The van der Waals surface area contributed by atoms with E-state index in [0.29, 0.717) is 0 Å². The zero-order chi connectivity index (χ0) is 13.9. The molecule has 19 heavy (non-hydrogen) atoms. The highest BCUT2D eigenvalue weighted by atomic mass is 16.5. The second-order valence-electron chi connectivity index (χ2n) is 5.44. The van der Waals surface area contributed by atoms with Gasteiger partial charge >= 0.3 is 0 Å². The molecule has 1 heterocycles. The molecule has 2 rings (SSSR count). The van der Waals surface area contributed by atoms with Crippen molar-refractivity contribution in [2.24, 2.45) is 11.3 Å². The topological polar surface area (TPSA) is 65.1 Å². The van der Waals surface area contributed by atoms with Crippen molar-refractivity contribution in [1.82, 2.24) is 15.2 Å². The first-order chi connectivity index (χ1) is 9.22. The molecule has 0 spiro atoms. The number of hydrazine groups is 1. The van der Waals surface area contributed by atoms with E-state index in [0.717, 1.165) is 24.4 Å². The summed E-state index contributed by atoms with van der Waals surface area (Å²) in [5.74, 6) is 6.74. The van der Waals surface area contributed by atoms with Crippen molar-refractivity contribution in [3.8, 4) is 5.75 Å². The molecular weight excluding hydrogens is 240 g/mol. The summed E-state index contributed by atoms with van der Waals surface area (Å²) in [7, 11) is 1.70. The predicted molar refractivity (Wildman–Crippen MR) is 75.7 cm³/mol. The van der Waals surface area contributed by atoms with Gasteiger partial charge in [-0.1, -0.05) is 19.8 Å². The Bertz CT molecular complexity index is 388. The van der Waals surface area contributed by atoms with Crippen LogP contribution in [0.4, 0.5) is 0 Å². The molecule has 1 aromatic heterocycles. The lowest BCUT2D eigenvalue weighted by Crippen LogP contribution is -2.41. The Kier molecular flexibility index (Phi) is 4.47. The van der Waals surface area contributed by atoms with E-state index in [2.05, 4.69) is 24.4 Å². The third-order valence-electron chi connectivity index (χ3n) is 4.72. The summed E-state index contributed by atoms with van der Waals surface area (Å²) in [4.78, 5) is 0. The Morgan fingerprint density at radius 2 is 2.16 bits per heavy atom. The second kappa shape index (κ2) is 5.92. The van der Waals surface area contributed by atoms with Gasteiger partial charge in [0, 0.05) is 6.54 Å². The molecule has 5 nitrogen and oxygen atoms in total. The fourth-order valence-electron chi connectivity index (χ4n) is 3.55. The van der Waals surface area contributed by atoms with Crippen molar-refractivity contribution in [1.29, 1.82) is 0 Å². The normalized spacial score (nSPS) is 19.6. The number of hydrogen-bond acceptors (Lipinski definition) is 4. The molecule has 5 heteroatoms. The third kappa shape index (κ3) is 2.37. The lowest BCUT2D eigenvalue weighted by atomic mass is 9.75. The number of nitrogens with one attached hydrogen (secondary N) is 1. The van der Waals surface area contributed by atoms with Gasteiger partial charge in [0.05, 0.1) is 25.0 Å². The molecule has 1 unspecified atom stereocenters. The quantitative estimate of drug-likeness (QED) is 0.613. The maximum atomic E-state index is 5.91. The number of nitrogens with zero attached hydrogens (tertiary/aromatic N) is 2. The van der Waals surface area contributed by atoms with Gasteiger partial charge in [-0.25, -0.2) is 0 Å². The average Bonchev–Trinajstić information content (AvgIpc) is 3.07. The Hall–Kier alpha value is -1.07. The molecular formula is C14H26N4O. The Labute approximate surface area is 115 Å². The molecule has 1 fully saturated rings. The molecule has 1 saturated carbocycles. The lowest BCUT2D eigenvalue weighted by molar-refractivity contribution is 0.175. The molecule has 1 aliphatic carbocycles. The molecule has 0 aromatic carbocycles. The number of ether oxygens (including phenoxy) is 1. The smallest absolute Gasteiger partial charge is 0.161 e. The maximum Gasteiger partial charge on any atom is 0.161 e. The van der Waals surface area contributed by atoms with Gasteiger partial charge in [-0.05, 0) is 31.6 Å². The van der Waals surface area contributed by atoms with E-state index >= 15 is 0 Å². The first kappa shape index (κ1) is 14.3. The molecule has 108 valence electrons. The minimum atomic E-state index is 0.109. The first-order valence-corrected chi connectivity index (χ1v) is 7.28. The highest BCUT2D eigenvalue weighted by Gasteiger charge is 2.42. The van der Waals surface area contributed by atoms with Crippen molar-refractivity contribution >= 4 is 0 Å². The maximum absolute atomic E-state index is 5.91. The summed E-state index contributed by atoms with van der Waals surface area (Å²) >= 11 is 0. The van der Waals surface area contributed by atoms with Gasteiger partial charge in [-0.15, -0.1) is 0 Å². The molecule has 3 N–H and O–H groups in total. The van der Waals surface area contributed by atoms with Crippen LogP contribution in [0, 0.1) is 5.41 Å². The summed E-state index contributed by atoms with van der Waals surface area (Å²) in [6, 6.07) is 0.109. The van der Waals surface area contributed by atoms with Crippen LogP contribution in [0.3, 0.4) is 0 Å². The van der Waals surface area contributed by atoms with Gasteiger partial charge in [-0.3, -0.25) is 16.0 Å². The zero-order valence-corrected chi connectivity index (χ0v) is 12.3. The van der Waals surface area contributed by atoms with Crippen LogP contribution in [-0.4, -0.2) is 16.9 Å². The highest BCUT2D eigenvalue weighted by molar-refractivity contribution is 5.30. The van der Waals surface area contributed by atoms with Crippen molar-refractivity contribution in [3.63, 3.8) is 0 Å². The van der Waals surface area contributed by atoms with Crippen LogP contribution in [-0.2, 0) is 6.54 Å². The van der Waals surface area contributed by atoms with Crippen LogP contribution in [0.1, 0.15) is 57.7 Å². The van der Waals surface area contributed by atoms with Gasteiger partial charge in [0.1, 0.15) is 0 Å². The molecule has 1 aromatic rings. The Balaban J connectivity index is 2.43. The summed E-state index contributed by atoms with van der Waals surface area (Å²) in [6.45, 7) is 5.18. The largest absolute Gasteiger partial charge is 0.493 e. The van der Waals surface area contributed by atoms with Crippen molar-refractivity contribution in [2.45, 2.75) is 58.5 Å². The monoisotopic (exact) mass is 266 g/mol. The zero-order valence-electron chi connectivity index (χ0n) is 12.3. The summed E-state index contributed by atoms with van der Waals surface area (Å²) < 4.78 is 7.48. The summed E-state index contributed by atoms with van der Waals surface area (Å²) in [6.07, 6.45) is 7.93. The summed E-state index contributed by atoms with van der Waals surface area (Å²) in [5.41, 5.74) is 4.37. The minimum absolute atomic E-state index is 0.109.